The fraction of sp³-hybridized carbons (Fsp3) is 0.382. The minimum atomic E-state index is -3.74. The first-order chi connectivity index (χ1) is 21.8. The van der Waals surface area contributed by atoms with Gasteiger partial charge in [-0.2, -0.15) is 9.40 Å². The van der Waals surface area contributed by atoms with Crippen molar-refractivity contribution in [3.63, 3.8) is 0 Å². The number of rotatable bonds is 8. The zero-order chi connectivity index (χ0) is 33.2. The predicted molar refractivity (Wildman–Crippen MR) is 178 cm³/mol. The van der Waals surface area contributed by atoms with Crippen LogP contribution in [0.1, 0.15) is 60.9 Å². The molecule has 0 aliphatic carbocycles. The van der Waals surface area contributed by atoms with Gasteiger partial charge in [0.25, 0.3) is 10.0 Å². The van der Waals surface area contributed by atoms with E-state index in [0.29, 0.717) is 30.5 Å². The minimum Gasteiger partial charge on any atom is -0.464 e. The molecular formula is C34H42N6O5S. The van der Waals surface area contributed by atoms with E-state index in [1.807, 2.05) is 61.5 Å². The number of carbonyl (C=O) groups excluding carboxylic acids is 2. The molecule has 244 valence electrons. The molecule has 1 fully saturated rings. The van der Waals surface area contributed by atoms with Gasteiger partial charge < -0.3 is 14.6 Å². The lowest BCUT2D eigenvalue weighted by atomic mass is 9.91. The van der Waals surface area contributed by atoms with E-state index in [-0.39, 0.29) is 22.2 Å². The number of benzene rings is 2. The van der Waals surface area contributed by atoms with Gasteiger partial charge >= 0.3 is 12.0 Å². The number of nitrogens with zero attached hydrogens (tertiary/aromatic N) is 4. The topological polar surface area (TPSA) is 128 Å². The Morgan fingerprint density at radius 3 is 2.22 bits per heavy atom. The van der Waals surface area contributed by atoms with E-state index in [1.54, 1.807) is 11.7 Å². The fourth-order valence-electron chi connectivity index (χ4n) is 5.60. The minimum absolute atomic E-state index is 0.0766. The third-order valence-electron chi connectivity index (χ3n) is 8.38. The molecule has 11 nitrogen and oxygen atoms in total. The summed E-state index contributed by atoms with van der Waals surface area (Å²) in [6.07, 6.45) is 2.25. The summed E-state index contributed by atoms with van der Waals surface area (Å²) in [5.41, 5.74) is 4.63. The summed E-state index contributed by atoms with van der Waals surface area (Å²) in [5, 5.41) is 10.7. The lowest BCUT2D eigenvalue weighted by Gasteiger charge is -2.31. The zero-order valence-electron chi connectivity index (χ0n) is 27.2. The van der Waals surface area contributed by atoms with Crippen LogP contribution >= 0.6 is 0 Å². The zero-order valence-corrected chi connectivity index (χ0v) is 28.0. The molecule has 0 atom stereocenters. The first kappa shape index (κ1) is 33.0. The summed E-state index contributed by atoms with van der Waals surface area (Å²) < 4.78 is 35.9. The number of methoxy groups -OCH3 is 1. The molecule has 1 saturated heterocycles. The monoisotopic (exact) mass is 646 g/mol. The van der Waals surface area contributed by atoms with Crippen LogP contribution in [0.5, 0.6) is 0 Å². The van der Waals surface area contributed by atoms with Gasteiger partial charge in [0.2, 0.25) is 0 Å². The van der Waals surface area contributed by atoms with E-state index < -0.39 is 16.0 Å². The highest BCUT2D eigenvalue weighted by Gasteiger charge is 2.32. The summed E-state index contributed by atoms with van der Waals surface area (Å²) in [6, 6.07) is 20.2. The molecule has 1 aliphatic rings. The molecule has 2 aromatic heterocycles. The number of urea groups is 1. The standard InChI is InChI=1S/C34H42N6O5S/c1-23-7-13-27(14-8-23)40-30(22-29(37-40)34(2,3)4)36-33(42)35-26-11-9-24(10-12-26)21-25-17-19-39(20-18-25)46(43,44)31-16-15-28(38(31)5)32(41)45-6/h7-16,22,25H,17-21H2,1-6H3,(H2,35,36,42). The van der Waals surface area contributed by atoms with Crippen molar-refractivity contribution in [2.75, 3.05) is 30.8 Å². The van der Waals surface area contributed by atoms with Crippen LogP contribution in [0.25, 0.3) is 5.69 Å². The van der Waals surface area contributed by atoms with Gasteiger partial charge in [-0.05, 0) is 74.1 Å². The van der Waals surface area contributed by atoms with Gasteiger partial charge in [-0.3, -0.25) is 5.32 Å². The van der Waals surface area contributed by atoms with Crippen LogP contribution in [0.15, 0.2) is 71.8 Å². The quantitative estimate of drug-likeness (QED) is 0.230. The molecule has 3 heterocycles. The number of hydrogen-bond acceptors (Lipinski definition) is 6. The van der Waals surface area contributed by atoms with Crippen LogP contribution in [0.3, 0.4) is 0 Å². The SMILES string of the molecule is COC(=O)c1ccc(S(=O)(=O)N2CCC(Cc3ccc(NC(=O)Nc4cc(C(C)(C)C)nn4-c4ccc(C)cc4)cc3)CC2)n1C. The van der Waals surface area contributed by atoms with Crippen molar-refractivity contribution in [1.82, 2.24) is 18.7 Å². The first-order valence-electron chi connectivity index (χ1n) is 15.3. The normalized spacial score (nSPS) is 14.7. The van der Waals surface area contributed by atoms with Crippen molar-refractivity contribution in [2.45, 2.75) is 57.4 Å². The largest absolute Gasteiger partial charge is 0.464 e. The maximum Gasteiger partial charge on any atom is 0.354 e. The number of hydrogen-bond donors (Lipinski definition) is 2. The lowest BCUT2D eigenvalue weighted by molar-refractivity contribution is 0.0589. The predicted octanol–water partition coefficient (Wildman–Crippen LogP) is 5.89. The highest BCUT2D eigenvalue weighted by atomic mass is 32.2. The molecule has 0 unspecified atom stereocenters. The lowest BCUT2D eigenvalue weighted by Crippen LogP contribution is -2.39. The van der Waals surface area contributed by atoms with Gasteiger partial charge in [-0.25, -0.2) is 22.7 Å². The summed E-state index contributed by atoms with van der Waals surface area (Å²) in [4.78, 5) is 25.0. The molecule has 4 aromatic rings. The van der Waals surface area contributed by atoms with Crippen molar-refractivity contribution in [3.8, 4) is 5.69 Å². The Kier molecular flexibility index (Phi) is 9.41. The summed E-state index contributed by atoms with van der Waals surface area (Å²) in [6.45, 7) is 9.08. The number of aryl methyl sites for hydroxylation is 1. The number of nitrogens with one attached hydrogen (secondary N) is 2. The van der Waals surface area contributed by atoms with Crippen LogP contribution in [-0.4, -0.2) is 59.3 Å². The van der Waals surface area contributed by atoms with E-state index in [1.165, 1.54) is 28.1 Å². The van der Waals surface area contributed by atoms with Crippen molar-refractivity contribution in [2.24, 2.45) is 13.0 Å². The Hall–Kier alpha value is -4.42. The molecule has 1 aliphatic heterocycles. The third-order valence-corrected chi connectivity index (χ3v) is 10.4. The average Bonchev–Trinajstić information content (AvgIpc) is 3.62. The number of sulfonamides is 1. The van der Waals surface area contributed by atoms with Crippen LogP contribution in [0, 0.1) is 12.8 Å². The van der Waals surface area contributed by atoms with Gasteiger partial charge in [0.15, 0.2) is 5.03 Å². The molecule has 2 amide bonds. The molecule has 0 bridgehead atoms. The van der Waals surface area contributed by atoms with Gasteiger partial charge in [-0.15, -0.1) is 0 Å². The Morgan fingerprint density at radius 2 is 1.61 bits per heavy atom. The molecule has 0 saturated carbocycles. The number of carbonyl (C=O) groups is 2. The van der Waals surface area contributed by atoms with Crippen molar-refractivity contribution in [1.29, 1.82) is 0 Å². The molecule has 0 radical (unpaired) electrons. The average molecular weight is 647 g/mol. The van der Waals surface area contributed by atoms with Crippen LogP contribution in [0.2, 0.25) is 0 Å². The van der Waals surface area contributed by atoms with Crippen LogP contribution in [-0.2, 0) is 33.6 Å². The maximum atomic E-state index is 13.3. The summed E-state index contributed by atoms with van der Waals surface area (Å²) >= 11 is 0. The molecule has 5 rings (SSSR count). The van der Waals surface area contributed by atoms with Gasteiger partial charge in [0.05, 0.1) is 18.5 Å². The van der Waals surface area contributed by atoms with E-state index in [9.17, 15) is 18.0 Å². The van der Waals surface area contributed by atoms with Crippen LogP contribution < -0.4 is 10.6 Å². The third kappa shape index (κ3) is 7.18. The Balaban J connectivity index is 1.17. The smallest absolute Gasteiger partial charge is 0.354 e. The van der Waals surface area contributed by atoms with E-state index in [0.717, 1.165) is 41.8 Å². The molecule has 2 N–H and O–H groups in total. The second-order valence-electron chi connectivity index (χ2n) is 12.8. The van der Waals surface area contributed by atoms with E-state index in [2.05, 4.69) is 31.4 Å². The van der Waals surface area contributed by atoms with Crippen LogP contribution in [0.4, 0.5) is 16.3 Å². The second-order valence-corrected chi connectivity index (χ2v) is 14.7. The van der Waals surface area contributed by atoms with E-state index >= 15 is 0 Å². The maximum absolute atomic E-state index is 13.3. The summed E-state index contributed by atoms with van der Waals surface area (Å²) in [5.74, 6) is 0.323. The van der Waals surface area contributed by atoms with Crippen molar-refractivity contribution in [3.05, 3.63) is 89.2 Å². The number of ether oxygens (including phenoxy) is 1. The second kappa shape index (κ2) is 13.1. The van der Waals surface area contributed by atoms with Crippen molar-refractivity contribution >= 4 is 33.5 Å². The summed E-state index contributed by atoms with van der Waals surface area (Å²) in [7, 11) is -0.920. The molecule has 2 aromatic carbocycles. The van der Waals surface area contributed by atoms with Gasteiger partial charge in [0, 0.05) is 37.3 Å². The van der Waals surface area contributed by atoms with E-state index in [4.69, 9.17) is 9.84 Å². The van der Waals surface area contributed by atoms with Gasteiger partial charge in [0.1, 0.15) is 11.5 Å². The molecule has 12 heteroatoms. The Bertz CT molecular complexity index is 1810. The molecule has 0 spiro atoms. The number of piperidine rings is 1. The Labute approximate surface area is 270 Å². The molecular weight excluding hydrogens is 604 g/mol. The molecule has 46 heavy (non-hydrogen) atoms. The number of esters is 1. The number of aromatic nitrogens is 3. The van der Waals surface area contributed by atoms with Gasteiger partial charge in [-0.1, -0.05) is 50.6 Å². The highest BCUT2D eigenvalue weighted by molar-refractivity contribution is 7.89. The first-order valence-corrected chi connectivity index (χ1v) is 16.8. The van der Waals surface area contributed by atoms with Crippen molar-refractivity contribution < 1.29 is 22.7 Å². The number of amides is 2. The Morgan fingerprint density at radius 1 is 0.957 bits per heavy atom. The fourth-order valence-corrected chi connectivity index (χ4v) is 7.24. The number of anilines is 2. The highest BCUT2D eigenvalue weighted by Crippen LogP contribution is 2.29.